The molecule has 2 nitrogen and oxygen atoms in total. The van der Waals surface area contributed by atoms with Crippen molar-refractivity contribution in [3.63, 3.8) is 0 Å². The Balaban J connectivity index is 1.31. The van der Waals surface area contributed by atoms with Crippen molar-refractivity contribution in [3.05, 3.63) is 218 Å². The van der Waals surface area contributed by atoms with Crippen molar-refractivity contribution in [1.82, 2.24) is 4.57 Å². The van der Waals surface area contributed by atoms with Crippen LogP contribution in [0, 0.1) is 0 Å². The Labute approximate surface area is 315 Å². The van der Waals surface area contributed by atoms with Crippen LogP contribution in [-0.2, 0) is 0 Å². The molecule has 0 aliphatic rings. The number of hydrogen-bond acceptors (Lipinski definition) is 1. The highest BCUT2D eigenvalue weighted by atomic mass is 15.1. The number of fused-ring (bicyclic) bond motifs is 4. The molecule has 0 saturated carbocycles. The van der Waals surface area contributed by atoms with Crippen LogP contribution in [0.4, 0.5) is 17.1 Å². The molecule has 0 radical (unpaired) electrons. The van der Waals surface area contributed by atoms with E-state index in [1.165, 1.54) is 60.4 Å². The maximum Gasteiger partial charge on any atom is 0.0618 e. The van der Waals surface area contributed by atoms with Gasteiger partial charge in [-0.15, -0.1) is 0 Å². The van der Waals surface area contributed by atoms with E-state index in [1.807, 2.05) is 0 Å². The summed E-state index contributed by atoms with van der Waals surface area (Å²) >= 11 is 0. The highest BCUT2D eigenvalue weighted by Crippen LogP contribution is 2.48. The normalized spacial score (nSPS) is 11.3. The second-order valence-corrected chi connectivity index (χ2v) is 13.7. The molecule has 0 unspecified atom stereocenters. The third-order valence-corrected chi connectivity index (χ3v) is 10.6. The predicted octanol–water partition coefficient (Wildman–Crippen LogP) is 14.4. The summed E-state index contributed by atoms with van der Waals surface area (Å²) in [5.74, 6) is 0. The van der Waals surface area contributed by atoms with Crippen molar-refractivity contribution in [3.8, 4) is 39.1 Å². The number of rotatable bonds is 7. The van der Waals surface area contributed by atoms with E-state index < -0.39 is 0 Å². The van der Waals surface area contributed by atoms with Gasteiger partial charge in [0.25, 0.3) is 0 Å². The van der Waals surface area contributed by atoms with Gasteiger partial charge in [-0.2, -0.15) is 0 Å². The summed E-state index contributed by atoms with van der Waals surface area (Å²) in [6.45, 7) is 0. The third kappa shape index (κ3) is 5.44. The van der Waals surface area contributed by atoms with Crippen LogP contribution in [0.25, 0.3) is 71.6 Å². The summed E-state index contributed by atoms with van der Waals surface area (Å²) in [4.78, 5) is 2.48. The van der Waals surface area contributed by atoms with Gasteiger partial charge in [0.15, 0.2) is 0 Å². The minimum atomic E-state index is 1.09. The van der Waals surface area contributed by atoms with Crippen LogP contribution in [-0.4, -0.2) is 4.57 Å². The zero-order chi connectivity index (χ0) is 35.8. The fourth-order valence-corrected chi connectivity index (χ4v) is 8.10. The molecule has 1 heterocycles. The van der Waals surface area contributed by atoms with Gasteiger partial charge in [-0.25, -0.2) is 0 Å². The van der Waals surface area contributed by atoms with Gasteiger partial charge in [0.05, 0.1) is 16.7 Å². The smallest absolute Gasteiger partial charge is 0.0618 e. The van der Waals surface area contributed by atoms with Crippen LogP contribution in [0.1, 0.15) is 0 Å². The third-order valence-electron chi connectivity index (χ3n) is 10.6. The quantitative estimate of drug-likeness (QED) is 0.162. The van der Waals surface area contributed by atoms with E-state index >= 15 is 0 Å². The molecule has 254 valence electrons. The first-order valence-corrected chi connectivity index (χ1v) is 18.5. The lowest BCUT2D eigenvalue weighted by Gasteiger charge is -2.30. The number of aromatic nitrogens is 1. The molecule has 9 aromatic carbocycles. The largest absolute Gasteiger partial charge is 0.309 e. The van der Waals surface area contributed by atoms with Gasteiger partial charge in [-0.1, -0.05) is 176 Å². The van der Waals surface area contributed by atoms with Crippen LogP contribution in [0.3, 0.4) is 0 Å². The first kappa shape index (κ1) is 31.6. The molecular weight excluding hydrogens is 653 g/mol. The Bertz CT molecular complexity index is 2910. The number of benzene rings is 9. The minimum Gasteiger partial charge on any atom is -0.309 e. The molecule has 0 saturated heterocycles. The number of nitrogens with zero attached hydrogens (tertiary/aromatic N) is 2. The summed E-state index contributed by atoms with van der Waals surface area (Å²) in [6.07, 6.45) is 0. The summed E-state index contributed by atoms with van der Waals surface area (Å²) in [5, 5.41) is 4.85. The zero-order valence-electron chi connectivity index (χ0n) is 29.7. The molecule has 1 aromatic heterocycles. The molecule has 0 atom stereocenters. The van der Waals surface area contributed by atoms with Crippen LogP contribution >= 0.6 is 0 Å². The molecular formula is C52H36N2. The van der Waals surface area contributed by atoms with E-state index in [9.17, 15) is 0 Å². The number of para-hydroxylation sites is 2. The van der Waals surface area contributed by atoms with Crippen molar-refractivity contribution in [2.24, 2.45) is 0 Å². The van der Waals surface area contributed by atoms with Gasteiger partial charge >= 0.3 is 0 Å². The average molecular weight is 689 g/mol. The Morgan fingerprint density at radius 3 is 1.52 bits per heavy atom. The molecule has 0 N–H and O–H groups in total. The van der Waals surface area contributed by atoms with Crippen LogP contribution in [0.2, 0.25) is 0 Å². The molecule has 0 aliphatic carbocycles. The number of hydrogen-bond donors (Lipinski definition) is 0. The van der Waals surface area contributed by atoms with E-state index in [-0.39, 0.29) is 0 Å². The Morgan fingerprint density at radius 1 is 0.315 bits per heavy atom. The molecule has 2 heteroatoms. The summed E-state index contributed by atoms with van der Waals surface area (Å²) in [7, 11) is 0. The minimum absolute atomic E-state index is 1.09. The Morgan fingerprint density at radius 2 is 0.815 bits per heavy atom. The zero-order valence-corrected chi connectivity index (χ0v) is 29.7. The highest BCUT2D eigenvalue weighted by molar-refractivity contribution is 6.12. The topological polar surface area (TPSA) is 8.17 Å². The molecule has 0 bridgehead atoms. The van der Waals surface area contributed by atoms with Crippen molar-refractivity contribution < 1.29 is 0 Å². The van der Waals surface area contributed by atoms with Gasteiger partial charge in [-0.3, -0.25) is 0 Å². The SMILES string of the molecule is c1ccc(-c2ccc(N(c3ccc4c5ccccc5n(-c5ccccc5)c4c3)c3c(-c4ccccc4)ccc4ccccc34)cc2-c2ccccc2)cc1. The molecule has 0 spiro atoms. The predicted molar refractivity (Wildman–Crippen MR) is 229 cm³/mol. The van der Waals surface area contributed by atoms with Gasteiger partial charge in [0, 0.05) is 38.8 Å². The molecule has 10 aromatic rings. The highest BCUT2D eigenvalue weighted by Gasteiger charge is 2.23. The van der Waals surface area contributed by atoms with Crippen molar-refractivity contribution in [1.29, 1.82) is 0 Å². The summed E-state index contributed by atoms with van der Waals surface area (Å²) < 4.78 is 2.40. The fraction of sp³-hybridized carbons (Fsp3) is 0. The number of anilines is 3. The lowest BCUT2D eigenvalue weighted by Crippen LogP contribution is -2.12. The van der Waals surface area contributed by atoms with Crippen LogP contribution in [0.5, 0.6) is 0 Å². The molecule has 10 rings (SSSR count). The monoisotopic (exact) mass is 688 g/mol. The summed E-state index contributed by atoms with van der Waals surface area (Å²) in [6, 6.07) is 79.0. The van der Waals surface area contributed by atoms with E-state index in [2.05, 4.69) is 228 Å². The van der Waals surface area contributed by atoms with Gasteiger partial charge in [0.2, 0.25) is 0 Å². The second kappa shape index (κ2) is 13.4. The molecule has 0 aliphatic heterocycles. The Kier molecular flexibility index (Phi) is 7.85. The van der Waals surface area contributed by atoms with Gasteiger partial charge in [0.1, 0.15) is 0 Å². The fourth-order valence-electron chi connectivity index (χ4n) is 8.10. The Hall–Kier alpha value is -7.16. The maximum atomic E-state index is 2.48. The van der Waals surface area contributed by atoms with Crippen LogP contribution in [0.15, 0.2) is 218 Å². The second-order valence-electron chi connectivity index (χ2n) is 13.7. The van der Waals surface area contributed by atoms with Gasteiger partial charge in [-0.05, 0) is 75.7 Å². The molecule has 54 heavy (non-hydrogen) atoms. The van der Waals surface area contributed by atoms with E-state index in [0.29, 0.717) is 0 Å². The standard InChI is InChI=1S/C52H36N2/c1-5-17-37(18-6-1)44-33-30-42(35-49(44)39-21-9-3-10-22-39)53(52-45-26-14-13-23-40(45)29-32-46(52)38-19-7-2-8-20-38)43-31-34-48-47-27-15-16-28-50(47)54(51(48)36-43)41-24-11-4-12-25-41/h1-36H. The van der Waals surface area contributed by atoms with Crippen molar-refractivity contribution in [2.45, 2.75) is 0 Å². The lowest BCUT2D eigenvalue weighted by atomic mass is 9.92. The average Bonchev–Trinajstić information content (AvgIpc) is 3.59. The van der Waals surface area contributed by atoms with E-state index in [0.717, 1.165) is 28.3 Å². The van der Waals surface area contributed by atoms with Crippen molar-refractivity contribution in [2.75, 3.05) is 4.90 Å². The van der Waals surface area contributed by atoms with Crippen LogP contribution < -0.4 is 4.90 Å². The maximum absolute atomic E-state index is 2.48. The first-order valence-electron chi connectivity index (χ1n) is 18.5. The first-order chi connectivity index (χ1) is 26.8. The molecule has 0 fully saturated rings. The molecule has 0 amide bonds. The van der Waals surface area contributed by atoms with E-state index in [4.69, 9.17) is 0 Å². The van der Waals surface area contributed by atoms with E-state index in [1.54, 1.807) is 0 Å². The van der Waals surface area contributed by atoms with Gasteiger partial charge < -0.3 is 9.47 Å². The lowest BCUT2D eigenvalue weighted by molar-refractivity contribution is 1.18. The van der Waals surface area contributed by atoms with Crippen molar-refractivity contribution >= 4 is 49.6 Å². The summed E-state index contributed by atoms with van der Waals surface area (Å²) in [5.41, 5.74) is 13.9.